The van der Waals surface area contributed by atoms with Crippen molar-refractivity contribution in [1.82, 2.24) is 4.90 Å². The molecule has 0 saturated carbocycles. The van der Waals surface area contributed by atoms with Crippen LogP contribution in [-0.2, 0) is 4.79 Å². The maximum absolute atomic E-state index is 12.1. The molecule has 0 aliphatic carbocycles. The SMILES string of the molecule is CCCC[C@H](N)C(=O)N1CCC(C)(CC)CC1. The molecular formula is C14H28N2O. The number of nitrogens with zero attached hydrogens (tertiary/aromatic N) is 1. The smallest absolute Gasteiger partial charge is 0.239 e. The van der Waals surface area contributed by atoms with E-state index in [0.717, 1.165) is 45.2 Å². The fourth-order valence-corrected chi connectivity index (χ4v) is 2.40. The van der Waals surface area contributed by atoms with Crippen LogP contribution in [0.3, 0.4) is 0 Å². The van der Waals surface area contributed by atoms with Crippen LogP contribution in [0.4, 0.5) is 0 Å². The topological polar surface area (TPSA) is 46.3 Å². The van der Waals surface area contributed by atoms with E-state index < -0.39 is 0 Å². The Hall–Kier alpha value is -0.570. The first-order valence-electron chi connectivity index (χ1n) is 7.07. The van der Waals surface area contributed by atoms with Gasteiger partial charge in [-0.3, -0.25) is 4.79 Å². The first-order chi connectivity index (χ1) is 8.02. The largest absolute Gasteiger partial charge is 0.341 e. The molecule has 17 heavy (non-hydrogen) atoms. The summed E-state index contributed by atoms with van der Waals surface area (Å²) in [6, 6.07) is -0.277. The summed E-state index contributed by atoms with van der Waals surface area (Å²) >= 11 is 0. The number of amides is 1. The molecule has 3 nitrogen and oxygen atoms in total. The van der Waals surface area contributed by atoms with Crippen molar-refractivity contribution in [2.24, 2.45) is 11.1 Å². The van der Waals surface area contributed by atoms with Crippen LogP contribution in [0.15, 0.2) is 0 Å². The summed E-state index contributed by atoms with van der Waals surface area (Å²) in [6.07, 6.45) is 6.43. The highest BCUT2D eigenvalue weighted by Crippen LogP contribution is 2.34. The zero-order chi connectivity index (χ0) is 12.9. The molecule has 3 heteroatoms. The minimum atomic E-state index is -0.277. The zero-order valence-electron chi connectivity index (χ0n) is 11.7. The Balaban J connectivity index is 2.40. The van der Waals surface area contributed by atoms with Crippen molar-refractivity contribution in [3.63, 3.8) is 0 Å². The molecule has 1 atom stereocenters. The monoisotopic (exact) mass is 240 g/mol. The molecule has 1 fully saturated rings. The van der Waals surface area contributed by atoms with Gasteiger partial charge < -0.3 is 10.6 Å². The highest BCUT2D eigenvalue weighted by atomic mass is 16.2. The predicted octanol–water partition coefficient (Wildman–Crippen LogP) is 2.54. The van der Waals surface area contributed by atoms with E-state index in [2.05, 4.69) is 20.8 Å². The van der Waals surface area contributed by atoms with Gasteiger partial charge in [-0.2, -0.15) is 0 Å². The van der Waals surface area contributed by atoms with Crippen molar-refractivity contribution in [3.05, 3.63) is 0 Å². The molecule has 0 spiro atoms. The van der Waals surface area contributed by atoms with E-state index in [1.54, 1.807) is 0 Å². The fourth-order valence-electron chi connectivity index (χ4n) is 2.40. The normalized spacial score (nSPS) is 21.3. The molecule has 1 amide bonds. The highest BCUT2D eigenvalue weighted by Gasteiger charge is 2.31. The maximum Gasteiger partial charge on any atom is 0.239 e. The van der Waals surface area contributed by atoms with Crippen molar-refractivity contribution in [3.8, 4) is 0 Å². The fraction of sp³-hybridized carbons (Fsp3) is 0.929. The molecule has 1 aliphatic rings. The Bertz CT molecular complexity index is 245. The number of piperidine rings is 1. The minimum Gasteiger partial charge on any atom is -0.341 e. The third kappa shape index (κ3) is 3.98. The van der Waals surface area contributed by atoms with E-state index in [9.17, 15) is 4.79 Å². The van der Waals surface area contributed by atoms with Crippen molar-refractivity contribution in [1.29, 1.82) is 0 Å². The summed E-state index contributed by atoms with van der Waals surface area (Å²) < 4.78 is 0. The van der Waals surface area contributed by atoms with Crippen LogP contribution in [-0.4, -0.2) is 29.9 Å². The van der Waals surface area contributed by atoms with Gasteiger partial charge in [0.05, 0.1) is 6.04 Å². The van der Waals surface area contributed by atoms with Gasteiger partial charge in [0.25, 0.3) is 0 Å². The van der Waals surface area contributed by atoms with Gasteiger partial charge in [0.2, 0.25) is 5.91 Å². The van der Waals surface area contributed by atoms with E-state index in [-0.39, 0.29) is 11.9 Å². The predicted molar refractivity (Wildman–Crippen MR) is 71.7 cm³/mol. The van der Waals surface area contributed by atoms with E-state index in [1.165, 1.54) is 6.42 Å². The number of carbonyl (C=O) groups excluding carboxylic acids is 1. The Morgan fingerprint density at radius 3 is 2.41 bits per heavy atom. The van der Waals surface area contributed by atoms with Crippen LogP contribution in [0.2, 0.25) is 0 Å². The van der Waals surface area contributed by atoms with Crippen LogP contribution < -0.4 is 5.73 Å². The molecule has 0 radical (unpaired) electrons. The van der Waals surface area contributed by atoms with E-state index in [1.807, 2.05) is 4.90 Å². The highest BCUT2D eigenvalue weighted by molar-refractivity contribution is 5.81. The molecule has 0 aromatic carbocycles. The van der Waals surface area contributed by atoms with Gasteiger partial charge in [0, 0.05) is 13.1 Å². The zero-order valence-corrected chi connectivity index (χ0v) is 11.7. The van der Waals surface area contributed by atoms with Crippen molar-refractivity contribution < 1.29 is 4.79 Å². The van der Waals surface area contributed by atoms with Crippen LogP contribution in [0.25, 0.3) is 0 Å². The van der Waals surface area contributed by atoms with Gasteiger partial charge in [0.1, 0.15) is 0 Å². The molecule has 0 bridgehead atoms. The molecule has 1 saturated heterocycles. The molecular weight excluding hydrogens is 212 g/mol. The standard InChI is InChI=1S/C14H28N2O/c1-4-6-7-12(15)13(17)16-10-8-14(3,5-2)9-11-16/h12H,4-11,15H2,1-3H3/t12-/m0/s1. The number of hydrogen-bond donors (Lipinski definition) is 1. The minimum absolute atomic E-state index is 0.164. The molecule has 1 aliphatic heterocycles. The lowest BCUT2D eigenvalue weighted by atomic mass is 9.78. The average molecular weight is 240 g/mol. The lowest BCUT2D eigenvalue weighted by Crippen LogP contribution is -2.48. The van der Waals surface area contributed by atoms with Gasteiger partial charge in [-0.25, -0.2) is 0 Å². The average Bonchev–Trinajstić information content (AvgIpc) is 2.36. The molecule has 100 valence electrons. The molecule has 2 N–H and O–H groups in total. The Morgan fingerprint density at radius 2 is 1.94 bits per heavy atom. The quantitative estimate of drug-likeness (QED) is 0.802. The van der Waals surface area contributed by atoms with Crippen LogP contribution in [0.5, 0.6) is 0 Å². The number of hydrogen-bond acceptors (Lipinski definition) is 2. The van der Waals surface area contributed by atoms with Gasteiger partial charge >= 0.3 is 0 Å². The number of likely N-dealkylation sites (tertiary alicyclic amines) is 1. The Kier molecular flexibility index (Phi) is 5.44. The van der Waals surface area contributed by atoms with Crippen LogP contribution >= 0.6 is 0 Å². The van der Waals surface area contributed by atoms with Gasteiger partial charge in [-0.05, 0) is 24.7 Å². The molecule has 0 aromatic rings. The lowest BCUT2D eigenvalue weighted by molar-refractivity contribution is -0.135. The molecule has 1 rings (SSSR count). The third-order valence-electron chi connectivity index (χ3n) is 4.32. The van der Waals surface area contributed by atoms with E-state index in [4.69, 9.17) is 5.73 Å². The number of unbranched alkanes of at least 4 members (excludes halogenated alkanes) is 1. The summed E-state index contributed by atoms with van der Waals surface area (Å²) in [5.74, 6) is 0.164. The lowest BCUT2D eigenvalue weighted by Gasteiger charge is -2.39. The molecule has 0 aromatic heterocycles. The summed E-state index contributed by atoms with van der Waals surface area (Å²) in [7, 11) is 0. The summed E-state index contributed by atoms with van der Waals surface area (Å²) in [6.45, 7) is 8.48. The second kappa shape index (κ2) is 6.39. The molecule has 1 heterocycles. The summed E-state index contributed by atoms with van der Waals surface area (Å²) in [4.78, 5) is 14.1. The molecule has 0 unspecified atom stereocenters. The van der Waals surface area contributed by atoms with E-state index >= 15 is 0 Å². The van der Waals surface area contributed by atoms with Gasteiger partial charge in [0.15, 0.2) is 0 Å². The first kappa shape index (κ1) is 14.5. The second-order valence-corrected chi connectivity index (χ2v) is 5.74. The third-order valence-corrected chi connectivity index (χ3v) is 4.32. The van der Waals surface area contributed by atoms with E-state index in [0.29, 0.717) is 5.41 Å². The van der Waals surface area contributed by atoms with Crippen molar-refractivity contribution in [2.75, 3.05) is 13.1 Å². The maximum atomic E-state index is 12.1. The Labute approximate surface area is 106 Å². The van der Waals surface area contributed by atoms with Crippen LogP contribution in [0.1, 0.15) is 59.3 Å². The van der Waals surface area contributed by atoms with Crippen molar-refractivity contribution >= 4 is 5.91 Å². The first-order valence-corrected chi connectivity index (χ1v) is 7.07. The number of carbonyl (C=O) groups is 1. The number of nitrogens with two attached hydrogens (primary N) is 1. The number of rotatable bonds is 5. The van der Waals surface area contributed by atoms with Gasteiger partial charge in [-0.15, -0.1) is 0 Å². The van der Waals surface area contributed by atoms with Crippen LogP contribution in [0, 0.1) is 5.41 Å². The van der Waals surface area contributed by atoms with Crippen molar-refractivity contribution in [2.45, 2.75) is 65.3 Å². The second-order valence-electron chi connectivity index (χ2n) is 5.74. The Morgan fingerprint density at radius 1 is 1.35 bits per heavy atom. The summed E-state index contributed by atoms with van der Waals surface area (Å²) in [5.41, 5.74) is 6.38. The van der Waals surface area contributed by atoms with Gasteiger partial charge in [-0.1, -0.05) is 40.0 Å². The summed E-state index contributed by atoms with van der Waals surface area (Å²) in [5, 5.41) is 0.